The number of hydrogen-bond acceptors (Lipinski definition) is 3. The van der Waals surface area contributed by atoms with Crippen LogP contribution in [0.25, 0.3) is 0 Å². The number of carbonyl (C=O) groups excluding carboxylic acids is 1. The molecule has 1 aliphatic carbocycles. The number of halogens is 1. The van der Waals surface area contributed by atoms with Crippen molar-refractivity contribution in [3.63, 3.8) is 0 Å². The van der Waals surface area contributed by atoms with Crippen molar-refractivity contribution in [2.24, 2.45) is 5.73 Å². The molecule has 4 nitrogen and oxygen atoms in total. The Morgan fingerprint density at radius 2 is 2.10 bits per heavy atom. The van der Waals surface area contributed by atoms with Gasteiger partial charge in [0.25, 0.3) is 5.91 Å². The number of amides is 1. The highest BCUT2D eigenvalue weighted by Gasteiger charge is 2.23. The first-order chi connectivity index (χ1) is 9.61. The average Bonchev–Trinajstić information content (AvgIpc) is 2.64. The molecule has 0 aromatic heterocycles. The lowest BCUT2D eigenvalue weighted by atomic mass is 10.0. The molecule has 0 heterocycles. The zero-order valence-corrected chi connectivity index (χ0v) is 11.7. The quantitative estimate of drug-likeness (QED) is 0.834. The minimum Gasteiger partial charge on any atom is -0.497 e. The van der Waals surface area contributed by atoms with E-state index in [1.807, 2.05) is 0 Å². The van der Waals surface area contributed by atoms with Crippen molar-refractivity contribution < 1.29 is 13.9 Å². The van der Waals surface area contributed by atoms with E-state index in [2.05, 4.69) is 5.32 Å². The van der Waals surface area contributed by atoms with Crippen LogP contribution >= 0.6 is 0 Å². The van der Waals surface area contributed by atoms with Gasteiger partial charge in [-0.1, -0.05) is 19.3 Å². The van der Waals surface area contributed by atoms with E-state index in [1.54, 1.807) is 6.07 Å². The third kappa shape index (κ3) is 3.48. The maximum Gasteiger partial charge on any atom is 0.254 e. The monoisotopic (exact) mass is 280 g/mol. The molecule has 1 aliphatic rings. The van der Waals surface area contributed by atoms with Crippen molar-refractivity contribution in [2.45, 2.75) is 44.2 Å². The van der Waals surface area contributed by atoms with Gasteiger partial charge in [0.1, 0.15) is 11.6 Å². The predicted octanol–water partition coefficient (Wildman–Crippen LogP) is 2.22. The van der Waals surface area contributed by atoms with Crippen LogP contribution in [-0.2, 0) is 0 Å². The lowest BCUT2D eigenvalue weighted by molar-refractivity contribution is 0.0924. The number of methoxy groups -OCH3 is 1. The van der Waals surface area contributed by atoms with Crippen LogP contribution in [-0.4, -0.2) is 25.1 Å². The van der Waals surface area contributed by atoms with Gasteiger partial charge in [-0.05, 0) is 25.0 Å². The third-order valence-corrected chi connectivity index (χ3v) is 3.81. The summed E-state index contributed by atoms with van der Waals surface area (Å²) in [5.41, 5.74) is 6.09. The van der Waals surface area contributed by atoms with Crippen LogP contribution in [0.1, 0.15) is 42.5 Å². The van der Waals surface area contributed by atoms with Gasteiger partial charge in [0.2, 0.25) is 0 Å². The lowest BCUT2D eigenvalue weighted by Gasteiger charge is -2.22. The van der Waals surface area contributed by atoms with Gasteiger partial charge in [0.05, 0.1) is 12.7 Å². The summed E-state index contributed by atoms with van der Waals surface area (Å²) in [5, 5.41) is 2.86. The molecular formula is C15H21FN2O2. The minimum absolute atomic E-state index is 0.0299. The van der Waals surface area contributed by atoms with E-state index in [-0.39, 0.29) is 17.6 Å². The highest BCUT2D eigenvalue weighted by molar-refractivity contribution is 5.94. The topological polar surface area (TPSA) is 64.3 Å². The molecule has 1 fully saturated rings. The van der Waals surface area contributed by atoms with Crippen LogP contribution in [0.4, 0.5) is 4.39 Å². The van der Waals surface area contributed by atoms with E-state index in [9.17, 15) is 9.18 Å². The van der Waals surface area contributed by atoms with Gasteiger partial charge in [-0.3, -0.25) is 4.79 Å². The van der Waals surface area contributed by atoms with Gasteiger partial charge < -0.3 is 15.8 Å². The van der Waals surface area contributed by atoms with Crippen LogP contribution < -0.4 is 15.8 Å². The van der Waals surface area contributed by atoms with Crippen molar-refractivity contribution in [2.75, 3.05) is 7.11 Å². The molecule has 0 aliphatic heterocycles. The van der Waals surface area contributed by atoms with E-state index in [4.69, 9.17) is 10.5 Å². The Labute approximate surface area is 118 Å². The Morgan fingerprint density at radius 1 is 1.35 bits per heavy atom. The van der Waals surface area contributed by atoms with Crippen LogP contribution in [0.3, 0.4) is 0 Å². The summed E-state index contributed by atoms with van der Waals surface area (Å²) in [7, 11) is 1.46. The van der Waals surface area contributed by atoms with Crippen molar-refractivity contribution in [3.8, 4) is 5.75 Å². The molecule has 1 aromatic carbocycles. The predicted molar refractivity (Wildman–Crippen MR) is 75.3 cm³/mol. The second-order valence-electron chi connectivity index (χ2n) is 5.23. The molecule has 1 amide bonds. The van der Waals surface area contributed by atoms with Crippen molar-refractivity contribution in [1.82, 2.24) is 5.32 Å². The molecule has 2 atom stereocenters. The van der Waals surface area contributed by atoms with Gasteiger partial charge in [-0.25, -0.2) is 4.39 Å². The first-order valence-electron chi connectivity index (χ1n) is 7.02. The largest absolute Gasteiger partial charge is 0.497 e. The molecule has 0 radical (unpaired) electrons. The van der Waals surface area contributed by atoms with Gasteiger partial charge in [-0.2, -0.15) is 0 Å². The summed E-state index contributed by atoms with van der Waals surface area (Å²) in [6.45, 7) is 0. The molecule has 20 heavy (non-hydrogen) atoms. The standard InChI is InChI=1S/C15H21FN2O2/c1-20-10-7-8-11(12(16)9-10)15(19)18-14-6-4-2-3-5-13(14)17/h7-9,13-14H,2-6,17H2,1H3,(H,18,19). The Hall–Kier alpha value is -1.62. The maximum atomic E-state index is 13.8. The molecule has 1 saturated carbocycles. The third-order valence-electron chi connectivity index (χ3n) is 3.81. The highest BCUT2D eigenvalue weighted by Crippen LogP contribution is 2.19. The molecule has 3 N–H and O–H groups in total. The summed E-state index contributed by atoms with van der Waals surface area (Å²) in [5.74, 6) is -0.596. The van der Waals surface area contributed by atoms with E-state index < -0.39 is 11.7 Å². The number of rotatable bonds is 3. The fraction of sp³-hybridized carbons (Fsp3) is 0.533. The minimum atomic E-state index is -0.580. The Balaban J connectivity index is 2.07. The average molecular weight is 280 g/mol. The summed E-state index contributed by atoms with van der Waals surface area (Å²) in [4.78, 5) is 12.1. The van der Waals surface area contributed by atoms with Gasteiger partial charge in [-0.15, -0.1) is 0 Å². The molecule has 2 rings (SSSR count). The molecule has 0 bridgehead atoms. The number of benzene rings is 1. The van der Waals surface area contributed by atoms with Crippen molar-refractivity contribution >= 4 is 5.91 Å². The van der Waals surface area contributed by atoms with Gasteiger partial charge >= 0.3 is 0 Å². The molecule has 110 valence electrons. The Morgan fingerprint density at radius 3 is 2.80 bits per heavy atom. The number of nitrogens with one attached hydrogen (secondary N) is 1. The maximum absolute atomic E-state index is 13.8. The summed E-state index contributed by atoms with van der Waals surface area (Å²) >= 11 is 0. The second kappa shape index (κ2) is 6.70. The Kier molecular flexibility index (Phi) is 4.95. The zero-order valence-electron chi connectivity index (χ0n) is 11.7. The van der Waals surface area contributed by atoms with E-state index in [0.29, 0.717) is 5.75 Å². The number of hydrogen-bond donors (Lipinski definition) is 2. The summed E-state index contributed by atoms with van der Waals surface area (Å²) in [6, 6.07) is 4.09. The van der Waals surface area contributed by atoms with Gasteiger partial charge in [0, 0.05) is 18.2 Å². The fourth-order valence-electron chi connectivity index (χ4n) is 2.57. The normalized spacial score (nSPS) is 22.9. The Bertz CT molecular complexity index is 479. The van der Waals surface area contributed by atoms with Crippen LogP contribution in [0.15, 0.2) is 18.2 Å². The highest BCUT2D eigenvalue weighted by atomic mass is 19.1. The molecule has 1 aromatic rings. The second-order valence-corrected chi connectivity index (χ2v) is 5.23. The van der Waals surface area contributed by atoms with E-state index in [1.165, 1.54) is 19.2 Å². The zero-order chi connectivity index (χ0) is 14.5. The smallest absolute Gasteiger partial charge is 0.254 e. The SMILES string of the molecule is COc1ccc(C(=O)NC2CCCCCC2N)c(F)c1. The molecule has 0 saturated heterocycles. The van der Waals surface area contributed by atoms with Crippen molar-refractivity contribution in [3.05, 3.63) is 29.6 Å². The van der Waals surface area contributed by atoms with Crippen LogP contribution in [0.5, 0.6) is 5.75 Å². The van der Waals surface area contributed by atoms with Crippen LogP contribution in [0, 0.1) is 5.82 Å². The lowest BCUT2D eigenvalue weighted by Crippen LogP contribution is -2.47. The summed E-state index contributed by atoms with van der Waals surface area (Å²) < 4.78 is 18.8. The van der Waals surface area contributed by atoms with E-state index in [0.717, 1.165) is 32.1 Å². The summed E-state index contributed by atoms with van der Waals surface area (Å²) in [6.07, 6.45) is 5.02. The molecule has 0 spiro atoms. The molecule has 5 heteroatoms. The number of carbonyl (C=O) groups is 1. The van der Waals surface area contributed by atoms with E-state index >= 15 is 0 Å². The first kappa shape index (κ1) is 14.8. The number of nitrogens with two attached hydrogens (primary N) is 1. The first-order valence-corrected chi connectivity index (χ1v) is 7.02. The van der Waals surface area contributed by atoms with Crippen LogP contribution in [0.2, 0.25) is 0 Å². The molecular weight excluding hydrogens is 259 g/mol. The van der Waals surface area contributed by atoms with Gasteiger partial charge in [0.15, 0.2) is 0 Å². The fourth-order valence-corrected chi connectivity index (χ4v) is 2.57. The number of ether oxygens (including phenoxy) is 1. The van der Waals surface area contributed by atoms with Crippen molar-refractivity contribution in [1.29, 1.82) is 0 Å². The molecule has 2 unspecified atom stereocenters.